The third kappa shape index (κ3) is 4.57. The molecule has 6 heteroatoms. The van der Waals surface area contributed by atoms with Crippen LogP contribution in [0.4, 0.5) is 0 Å². The Morgan fingerprint density at radius 1 is 1.25 bits per heavy atom. The number of carbonyl (C=O) groups is 3. The van der Waals surface area contributed by atoms with Crippen molar-refractivity contribution in [1.82, 2.24) is 10.6 Å². The first-order chi connectivity index (χ1) is 11.4. The predicted octanol–water partition coefficient (Wildman–Crippen LogP) is 1.45. The van der Waals surface area contributed by atoms with Crippen molar-refractivity contribution in [2.45, 2.75) is 45.1 Å². The van der Waals surface area contributed by atoms with Crippen LogP contribution in [-0.2, 0) is 20.8 Å². The van der Waals surface area contributed by atoms with E-state index in [1.807, 2.05) is 38.1 Å². The molecule has 2 rings (SSSR count). The first-order valence-electron chi connectivity index (χ1n) is 8.26. The van der Waals surface area contributed by atoms with Gasteiger partial charge in [0.2, 0.25) is 11.8 Å². The molecule has 24 heavy (non-hydrogen) atoms. The Morgan fingerprint density at radius 3 is 2.62 bits per heavy atom. The van der Waals surface area contributed by atoms with Gasteiger partial charge in [0.25, 0.3) is 0 Å². The topological polar surface area (TPSA) is 95.5 Å². The summed E-state index contributed by atoms with van der Waals surface area (Å²) in [5.74, 6) is -1.82. The molecule has 2 atom stereocenters. The molecule has 1 aromatic carbocycles. The van der Waals surface area contributed by atoms with Crippen molar-refractivity contribution in [3.8, 4) is 0 Å². The van der Waals surface area contributed by atoms with E-state index in [0.29, 0.717) is 6.42 Å². The van der Waals surface area contributed by atoms with Crippen molar-refractivity contribution in [2.75, 3.05) is 6.54 Å². The van der Waals surface area contributed by atoms with E-state index >= 15 is 0 Å². The monoisotopic (exact) mass is 332 g/mol. The summed E-state index contributed by atoms with van der Waals surface area (Å²) in [4.78, 5) is 35.4. The molecule has 0 aromatic heterocycles. The van der Waals surface area contributed by atoms with Crippen LogP contribution in [0.1, 0.15) is 43.7 Å². The van der Waals surface area contributed by atoms with Crippen molar-refractivity contribution in [3.63, 3.8) is 0 Å². The molecule has 2 amide bonds. The van der Waals surface area contributed by atoms with Gasteiger partial charge in [0.15, 0.2) is 0 Å². The predicted molar refractivity (Wildman–Crippen MR) is 89.5 cm³/mol. The molecule has 130 valence electrons. The van der Waals surface area contributed by atoms with Gasteiger partial charge in [-0.2, -0.15) is 0 Å². The smallest absolute Gasteiger partial charge is 0.326 e. The lowest BCUT2D eigenvalue weighted by molar-refractivity contribution is -0.142. The number of aliphatic carboxylic acids is 1. The van der Waals surface area contributed by atoms with Crippen molar-refractivity contribution >= 4 is 17.8 Å². The zero-order chi connectivity index (χ0) is 17.7. The molecule has 0 spiro atoms. The Hall–Kier alpha value is -2.37. The van der Waals surface area contributed by atoms with Crippen LogP contribution in [0.15, 0.2) is 24.3 Å². The summed E-state index contributed by atoms with van der Waals surface area (Å²) in [6.45, 7) is 3.57. The summed E-state index contributed by atoms with van der Waals surface area (Å²) >= 11 is 0. The molecule has 0 radical (unpaired) electrons. The van der Waals surface area contributed by atoms with Gasteiger partial charge in [-0.1, -0.05) is 38.1 Å². The normalized spacial score (nSPS) is 17.2. The largest absolute Gasteiger partial charge is 0.480 e. The van der Waals surface area contributed by atoms with Gasteiger partial charge < -0.3 is 15.7 Å². The summed E-state index contributed by atoms with van der Waals surface area (Å²) in [7, 11) is 0. The second-order valence-corrected chi connectivity index (χ2v) is 6.60. The fourth-order valence-corrected chi connectivity index (χ4v) is 3.06. The summed E-state index contributed by atoms with van der Waals surface area (Å²) in [6.07, 6.45) is 1.94. The van der Waals surface area contributed by atoms with Crippen molar-refractivity contribution in [3.05, 3.63) is 35.4 Å². The average Bonchev–Trinajstić information content (AvgIpc) is 2.95. The third-order valence-electron chi connectivity index (χ3n) is 4.21. The van der Waals surface area contributed by atoms with Crippen LogP contribution >= 0.6 is 0 Å². The molecule has 1 aliphatic rings. The van der Waals surface area contributed by atoms with E-state index in [2.05, 4.69) is 10.6 Å². The molecule has 1 aliphatic carbocycles. The second kappa shape index (κ2) is 7.95. The minimum absolute atomic E-state index is 0.149. The maximum absolute atomic E-state index is 12.3. The van der Waals surface area contributed by atoms with Gasteiger partial charge in [0.05, 0.1) is 12.5 Å². The number of carbonyl (C=O) groups excluding carboxylic acids is 2. The Kier molecular flexibility index (Phi) is 5.95. The molecule has 0 saturated heterocycles. The zero-order valence-corrected chi connectivity index (χ0v) is 14.0. The Balaban J connectivity index is 1.85. The van der Waals surface area contributed by atoms with Gasteiger partial charge in [-0.15, -0.1) is 0 Å². The van der Waals surface area contributed by atoms with E-state index in [1.165, 1.54) is 5.56 Å². The number of carboxylic acids is 1. The number of benzene rings is 1. The number of rotatable bonds is 7. The minimum atomic E-state index is -1.06. The lowest BCUT2D eigenvalue weighted by atomic mass is 10.0. The molecular weight excluding hydrogens is 308 g/mol. The number of hydrogen-bond acceptors (Lipinski definition) is 3. The Morgan fingerprint density at radius 2 is 1.96 bits per heavy atom. The SMILES string of the molecule is CC(C)C[C@H](NC(=O)CNC(=O)C1CCc2ccccc21)C(=O)O. The van der Waals surface area contributed by atoms with E-state index in [4.69, 9.17) is 5.11 Å². The molecule has 6 nitrogen and oxygen atoms in total. The number of amides is 2. The summed E-state index contributed by atoms with van der Waals surface area (Å²) in [6, 6.07) is 6.88. The van der Waals surface area contributed by atoms with Crippen LogP contribution in [0.3, 0.4) is 0 Å². The van der Waals surface area contributed by atoms with Gasteiger partial charge >= 0.3 is 5.97 Å². The number of fused-ring (bicyclic) bond motifs is 1. The summed E-state index contributed by atoms with van der Waals surface area (Å²) in [5.41, 5.74) is 2.18. The van der Waals surface area contributed by atoms with Crippen LogP contribution < -0.4 is 10.6 Å². The van der Waals surface area contributed by atoms with Gasteiger partial charge in [-0.05, 0) is 36.3 Å². The highest BCUT2D eigenvalue weighted by Crippen LogP contribution is 2.32. The minimum Gasteiger partial charge on any atom is -0.480 e. The highest BCUT2D eigenvalue weighted by atomic mass is 16.4. The molecular formula is C18H24N2O4. The first-order valence-corrected chi connectivity index (χ1v) is 8.26. The molecule has 0 saturated carbocycles. The molecule has 1 unspecified atom stereocenters. The van der Waals surface area contributed by atoms with Crippen molar-refractivity contribution < 1.29 is 19.5 Å². The number of hydrogen-bond donors (Lipinski definition) is 3. The third-order valence-corrected chi connectivity index (χ3v) is 4.21. The van der Waals surface area contributed by atoms with Crippen molar-refractivity contribution in [2.24, 2.45) is 5.92 Å². The Labute approximate surface area is 141 Å². The van der Waals surface area contributed by atoms with Crippen LogP contribution in [-0.4, -0.2) is 35.5 Å². The van der Waals surface area contributed by atoms with Crippen LogP contribution in [0, 0.1) is 5.92 Å². The molecule has 0 fully saturated rings. The number of aryl methyl sites for hydroxylation is 1. The van der Waals surface area contributed by atoms with Gasteiger partial charge in [-0.25, -0.2) is 4.79 Å². The maximum Gasteiger partial charge on any atom is 0.326 e. The van der Waals surface area contributed by atoms with E-state index in [1.54, 1.807) is 0 Å². The van der Waals surface area contributed by atoms with E-state index in [9.17, 15) is 14.4 Å². The van der Waals surface area contributed by atoms with Gasteiger partial charge in [0.1, 0.15) is 6.04 Å². The van der Waals surface area contributed by atoms with Crippen molar-refractivity contribution in [1.29, 1.82) is 0 Å². The van der Waals surface area contributed by atoms with E-state index in [0.717, 1.165) is 18.4 Å². The fourth-order valence-electron chi connectivity index (χ4n) is 3.06. The van der Waals surface area contributed by atoms with Gasteiger partial charge in [-0.3, -0.25) is 9.59 Å². The van der Waals surface area contributed by atoms with Crippen LogP contribution in [0.25, 0.3) is 0 Å². The number of carboxylic acid groups (broad SMARTS) is 1. The summed E-state index contributed by atoms with van der Waals surface area (Å²) < 4.78 is 0. The molecule has 0 heterocycles. The van der Waals surface area contributed by atoms with Gasteiger partial charge in [0, 0.05) is 0 Å². The highest BCUT2D eigenvalue weighted by Gasteiger charge is 2.28. The van der Waals surface area contributed by atoms with Crippen LogP contribution in [0.5, 0.6) is 0 Å². The highest BCUT2D eigenvalue weighted by molar-refractivity contribution is 5.90. The second-order valence-electron chi connectivity index (χ2n) is 6.60. The molecule has 1 aromatic rings. The Bertz CT molecular complexity index is 627. The number of nitrogens with one attached hydrogen (secondary N) is 2. The molecule has 3 N–H and O–H groups in total. The zero-order valence-electron chi connectivity index (χ0n) is 14.0. The average molecular weight is 332 g/mol. The lowest BCUT2D eigenvalue weighted by Gasteiger charge is -2.17. The molecule has 0 aliphatic heterocycles. The standard InChI is InChI=1S/C18H24N2O4/c1-11(2)9-15(18(23)24)20-16(21)10-19-17(22)14-8-7-12-5-3-4-6-13(12)14/h3-6,11,14-15H,7-10H2,1-2H3,(H,19,22)(H,20,21)(H,23,24)/t14?,15-/m0/s1. The van der Waals surface area contributed by atoms with Crippen LogP contribution in [0.2, 0.25) is 0 Å². The quantitative estimate of drug-likeness (QED) is 0.704. The lowest BCUT2D eigenvalue weighted by Crippen LogP contribution is -2.46. The van der Waals surface area contributed by atoms with E-state index < -0.39 is 17.9 Å². The molecule has 0 bridgehead atoms. The fraction of sp³-hybridized carbons (Fsp3) is 0.500. The maximum atomic E-state index is 12.3. The first kappa shape index (κ1) is 18.0. The summed E-state index contributed by atoms with van der Waals surface area (Å²) in [5, 5.41) is 14.2. The van der Waals surface area contributed by atoms with E-state index in [-0.39, 0.29) is 24.3 Å².